The molecule has 0 N–H and O–H groups in total. The van der Waals surface area contributed by atoms with Gasteiger partial charge in [0.2, 0.25) is 5.91 Å². The van der Waals surface area contributed by atoms with Gasteiger partial charge in [-0.3, -0.25) is 19.3 Å². The molecule has 0 spiro atoms. The number of carbonyl (C=O) groups is 3. The molecule has 1 atom stereocenters. The van der Waals surface area contributed by atoms with Gasteiger partial charge >= 0.3 is 0 Å². The van der Waals surface area contributed by atoms with Crippen LogP contribution in [0.2, 0.25) is 0 Å². The highest BCUT2D eigenvalue weighted by molar-refractivity contribution is 6.22. The average molecular weight is 364 g/mol. The molecule has 1 fully saturated rings. The van der Waals surface area contributed by atoms with Crippen LogP contribution in [0.15, 0.2) is 48.5 Å². The lowest BCUT2D eigenvalue weighted by Gasteiger charge is -2.34. The molecule has 27 heavy (non-hydrogen) atoms. The third-order valence-electron chi connectivity index (χ3n) is 5.13. The topological polar surface area (TPSA) is 66.9 Å². The van der Waals surface area contributed by atoms with Gasteiger partial charge in [0, 0.05) is 6.54 Å². The maximum absolute atomic E-state index is 12.8. The molecule has 2 aromatic carbocycles. The number of hydrogen-bond acceptors (Lipinski definition) is 4. The molecule has 0 aromatic heterocycles. The maximum Gasteiger partial charge on any atom is 0.262 e. The minimum atomic E-state index is -0.410. The standard InChI is InChI=1S/C21H20N2O4/c1-14-6-2-3-7-15(14)18-12-22(10-11-27-18)19(24)13-23-20(25)16-8-4-5-9-17(16)21(23)26/h2-9,18H,10-13H2,1H3. The SMILES string of the molecule is Cc1ccccc1C1CN(C(=O)CN2C(=O)c3ccccc3C2=O)CCO1. The fourth-order valence-corrected chi connectivity index (χ4v) is 3.63. The lowest BCUT2D eigenvalue weighted by molar-refractivity contribution is -0.139. The molecule has 0 saturated carbocycles. The Morgan fingerprint density at radius 1 is 1.04 bits per heavy atom. The van der Waals surface area contributed by atoms with Gasteiger partial charge in [0.1, 0.15) is 12.6 Å². The molecule has 0 radical (unpaired) electrons. The van der Waals surface area contributed by atoms with E-state index in [1.165, 1.54) is 0 Å². The van der Waals surface area contributed by atoms with Crippen molar-refractivity contribution in [1.82, 2.24) is 9.80 Å². The molecule has 138 valence electrons. The monoisotopic (exact) mass is 364 g/mol. The summed E-state index contributed by atoms with van der Waals surface area (Å²) >= 11 is 0. The van der Waals surface area contributed by atoms with E-state index < -0.39 is 11.8 Å². The molecule has 4 rings (SSSR count). The first kappa shape index (κ1) is 17.4. The molecule has 0 bridgehead atoms. The summed E-state index contributed by atoms with van der Waals surface area (Å²) in [6, 6.07) is 14.6. The zero-order valence-corrected chi connectivity index (χ0v) is 15.1. The van der Waals surface area contributed by atoms with Crippen LogP contribution in [0.3, 0.4) is 0 Å². The molecule has 2 aliphatic heterocycles. The van der Waals surface area contributed by atoms with Gasteiger partial charge in [0.25, 0.3) is 11.8 Å². The first-order chi connectivity index (χ1) is 13.1. The van der Waals surface area contributed by atoms with Gasteiger partial charge in [-0.15, -0.1) is 0 Å². The fourth-order valence-electron chi connectivity index (χ4n) is 3.63. The fraction of sp³-hybridized carbons (Fsp3) is 0.286. The summed E-state index contributed by atoms with van der Waals surface area (Å²) in [5, 5.41) is 0. The lowest BCUT2D eigenvalue weighted by Crippen LogP contribution is -2.47. The summed E-state index contributed by atoms with van der Waals surface area (Å²) in [6.45, 7) is 3.05. The Hall–Kier alpha value is -2.99. The Balaban J connectivity index is 1.47. The molecule has 2 heterocycles. The van der Waals surface area contributed by atoms with Crippen molar-refractivity contribution in [3.05, 3.63) is 70.8 Å². The number of morpholine rings is 1. The number of carbonyl (C=O) groups excluding carboxylic acids is 3. The van der Waals surface area contributed by atoms with Crippen LogP contribution in [0.1, 0.15) is 37.9 Å². The number of fused-ring (bicyclic) bond motifs is 1. The van der Waals surface area contributed by atoms with Crippen LogP contribution >= 0.6 is 0 Å². The van der Waals surface area contributed by atoms with Crippen molar-refractivity contribution in [2.24, 2.45) is 0 Å². The quantitative estimate of drug-likeness (QED) is 0.783. The van der Waals surface area contributed by atoms with E-state index in [-0.39, 0.29) is 18.6 Å². The summed E-state index contributed by atoms with van der Waals surface area (Å²) < 4.78 is 5.85. The van der Waals surface area contributed by atoms with E-state index in [9.17, 15) is 14.4 Å². The number of benzene rings is 2. The van der Waals surface area contributed by atoms with E-state index in [1.54, 1.807) is 29.2 Å². The molecule has 2 aliphatic rings. The normalized spacial score (nSPS) is 19.4. The maximum atomic E-state index is 12.8. The summed E-state index contributed by atoms with van der Waals surface area (Å²) in [5.41, 5.74) is 2.87. The second-order valence-electron chi connectivity index (χ2n) is 6.80. The van der Waals surface area contributed by atoms with Crippen molar-refractivity contribution in [2.75, 3.05) is 26.2 Å². The largest absolute Gasteiger partial charge is 0.370 e. The van der Waals surface area contributed by atoms with Crippen molar-refractivity contribution < 1.29 is 19.1 Å². The summed E-state index contributed by atoms with van der Waals surface area (Å²) in [6.07, 6.45) is -0.203. The first-order valence-corrected chi connectivity index (χ1v) is 8.96. The zero-order chi connectivity index (χ0) is 19.0. The van der Waals surface area contributed by atoms with E-state index >= 15 is 0 Å². The molecular weight excluding hydrogens is 344 g/mol. The van der Waals surface area contributed by atoms with E-state index in [2.05, 4.69) is 0 Å². The number of imide groups is 1. The van der Waals surface area contributed by atoms with Crippen molar-refractivity contribution >= 4 is 17.7 Å². The van der Waals surface area contributed by atoms with Crippen LogP contribution in [-0.4, -0.2) is 53.8 Å². The van der Waals surface area contributed by atoms with Crippen molar-refractivity contribution in [2.45, 2.75) is 13.0 Å². The smallest absolute Gasteiger partial charge is 0.262 e. The first-order valence-electron chi connectivity index (χ1n) is 8.96. The predicted molar refractivity (Wildman–Crippen MR) is 98.3 cm³/mol. The Morgan fingerprint density at radius 2 is 1.67 bits per heavy atom. The average Bonchev–Trinajstić information content (AvgIpc) is 2.93. The van der Waals surface area contributed by atoms with Crippen LogP contribution in [-0.2, 0) is 9.53 Å². The number of nitrogens with zero attached hydrogens (tertiary/aromatic N) is 2. The van der Waals surface area contributed by atoms with Gasteiger partial charge in [0.15, 0.2) is 0 Å². The van der Waals surface area contributed by atoms with Gasteiger partial charge in [-0.05, 0) is 30.2 Å². The van der Waals surface area contributed by atoms with Gasteiger partial charge in [0.05, 0.1) is 24.3 Å². The lowest BCUT2D eigenvalue weighted by atomic mass is 10.0. The van der Waals surface area contributed by atoms with Crippen LogP contribution in [0.4, 0.5) is 0 Å². The highest BCUT2D eigenvalue weighted by atomic mass is 16.5. The Bertz CT molecular complexity index is 889. The Morgan fingerprint density at radius 3 is 2.33 bits per heavy atom. The second kappa shape index (κ2) is 6.96. The molecule has 6 heteroatoms. The van der Waals surface area contributed by atoms with Crippen molar-refractivity contribution in [3.63, 3.8) is 0 Å². The molecule has 2 aromatic rings. The predicted octanol–water partition coefficient (Wildman–Crippen LogP) is 2.19. The highest BCUT2D eigenvalue weighted by Crippen LogP contribution is 2.26. The third kappa shape index (κ3) is 3.13. The van der Waals surface area contributed by atoms with Gasteiger partial charge in [-0.2, -0.15) is 0 Å². The van der Waals surface area contributed by atoms with E-state index in [0.29, 0.717) is 30.8 Å². The summed E-state index contributed by atoms with van der Waals surface area (Å²) in [4.78, 5) is 40.4. The van der Waals surface area contributed by atoms with Crippen molar-refractivity contribution in [3.8, 4) is 0 Å². The Kier molecular flexibility index (Phi) is 4.49. The van der Waals surface area contributed by atoms with Crippen LogP contribution in [0.25, 0.3) is 0 Å². The second-order valence-corrected chi connectivity index (χ2v) is 6.80. The summed E-state index contributed by atoms with van der Waals surface area (Å²) in [5.74, 6) is -1.06. The minimum Gasteiger partial charge on any atom is -0.370 e. The Labute approximate surface area is 157 Å². The van der Waals surface area contributed by atoms with E-state index in [1.807, 2.05) is 31.2 Å². The van der Waals surface area contributed by atoms with E-state index in [0.717, 1.165) is 16.0 Å². The number of amides is 3. The van der Waals surface area contributed by atoms with Gasteiger partial charge < -0.3 is 9.64 Å². The highest BCUT2D eigenvalue weighted by Gasteiger charge is 2.37. The van der Waals surface area contributed by atoms with Gasteiger partial charge in [-0.25, -0.2) is 0 Å². The van der Waals surface area contributed by atoms with Crippen molar-refractivity contribution in [1.29, 1.82) is 0 Å². The molecule has 6 nitrogen and oxygen atoms in total. The zero-order valence-electron chi connectivity index (χ0n) is 15.1. The molecule has 1 saturated heterocycles. The number of hydrogen-bond donors (Lipinski definition) is 0. The van der Waals surface area contributed by atoms with E-state index in [4.69, 9.17) is 4.74 Å². The third-order valence-corrected chi connectivity index (χ3v) is 5.13. The number of rotatable bonds is 3. The van der Waals surface area contributed by atoms with Gasteiger partial charge in [-0.1, -0.05) is 36.4 Å². The number of aryl methyl sites for hydroxylation is 1. The molecular formula is C21H20N2O4. The minimum absolute atomic E-state index is 0.203. The summed E-state index contributed by atoms with van der Waals surface area (Å²) in [7, 11) is 0. The number of ether oxygens (including phenoxy) is 1. The van der Waals surface area contributed by atoms with Crippen LogP contribution in [0.5, 0.6) is 0 Å². The van der Waals surface area contributed by atoms with Crippen LogP contribution < -0.4 is 0 Å². The molecule has 0 aliphatic carbocycles. The van der Waals surface area contributed by atoms with Crippen LogP contribution in [0, 0.1) is 6.92 Å². The molecule has 1 unspecified atom stereocenters. The molecule has 3 amide bonds.